The molecule has 2 aromatic heterocycles. The Balaban J connectivity index is 1.44. The number of carbonyl (C=O) groups is 2. The maximum atomic E-state index is 12.7. The molecule has 0 saturated carbocycles. The first-order chi connectivity index (χ1) is 13.5. The average Bonchev–Trinajstić information content (AvgIpc) is 3.28. The van der Waals surface area contributed by atoms with Crippen molar-refractivity contribution in [3.8, 4) is 0 Å². The van der Waals surface area contributed by atoms with Crippen LogP contribution in [0.4, 0.5) is 5.82 Å². The third-order valence-electron chi connectivity index (χ3n) is 4.61. The number of likely N-dealkylation sites (N-methyl/N-ethyl adjacent to an activating group) is 1. The van der Waals surface area contributed by atoms with Crippen LogP contribution in [0.5, 0.6) is 0 Å². The van der Waals surface area contributed by atoms with E-state index in [1.807, 2.05) is 43.3 Å². The molecule has 28 heavy (non-hydrogen) atoms. The summed E-state index contributed by atoms with van der Waals surface area (Å²) < 4.78 is 1.77. The van der Waals surface area contributed by atoms with Gasteiger partial charge >= 0.3 is 0 Å². The van der Waals surface area contributed by atoms with Gasteiger partial charge in [0, 0.05) is 19.7 Å². The molecule has 1 aromatic carbocycles. The van der Waals surface area contributed by atoms with Gasteiger partial charge in [-0.25, -0.2) is 4.68 Å². The fourth-order valence-electron chi connectivity index (χ4n) is 3.19. The molecule has 0 saturated heterocycles. The summed E-state index contributed by atoms with van der Waals surface area (Å²) >= 11 is 0. The van der Waals surface area contributed by atoms with Crippen LogP contribution in [-0.2, 0) is 17.9 Å². The van der Waals surface area contributed by atoms with Crippen molar-refractivity contribution in [2.45, 2.75) is 32.5 Å². The number of anilines is 1. The summed E-state index contributed by atoms with van der Waals surface area (Å²) in [6.45, 7) is 2.81. The Hall–Kier alpha value is -3.56. The highest BCUT2D eigenvalue weighted by Crippen LogP contribution is 2.20. The number of rotatable bonds is 4. The minimum atomic E-state index is -0.680. The summed E-state index contributed by atoms with van der Waals surface area (Å²) in [6.07, 6.45) is 0.432. The van der Waals surface area contributed by atoms with Crippen LogP contribution in [0.2, 0.25) is 0 Å². The molecule has 4 rings (SSSR count). The number of benzene rings is 1. The van der Waals surface area contributed by atoms with Gasteiger partial charge in [0.2, 0.25) is 0 Å². The van der Waals surface area contributed by atoms with E-state index < -0.39 is 11.9 Å². The fourth-order valence-corrected chi connectivity index (χ4v) is 3.19. The lowest BCUT2D eigenvalue weighted by molar-refractivity contribution is -0.120. The molecule has 2 amide bonds. The Kier molecular flexibility index (Phi) is 4.60. The maximum Gasteiger partial charge on any atom is 0.293 e. The predicted octanol–water partition coefficient (Wildman–Crippen LogP) is 0.391. The van der Waals surface area contributed by atoms with Crippen molar-refractivity contribution in [1.82, 2.24) is 35.3 Å². The molecule has 3 aromatic rings. The van der Waals surface area contributed by atoms with Crippen LogP contribution in [0.25, 0.3) is 0 Å². The summed E-state index contributed by atoms with van der Waals surface area (Å²) in [7, 11) is 1.67. The van der Waals surface area contributed by atoms with Gasteiger partial charge in [0.05, 0.1) is 12.2 Å². The largest absolute Gasteiger partial charge is 0.337 e. The number of carbonyl (C=O) groups excluding carboxylic acids is 2. The highest BCUT2D eigenvalue weighted by atomic mass is 16.2. The zero-order valence-corrected chi connectivity index (χ0v) is 15.6. The minimum absolute atomic E-state index is 0.0655. The van der Waals surface area contributed by atoms with Gasteiger partial charge in [0.1, 0.15) is 11.9 Å². The monoisotopic (exact) mass is 380 g/mol. The number of tetrazole rings is 1. The molecule has 1 aliphatic heterocycles. The number of aromatic nitrogens is 6. The van der Waals surface area contributed by atoms with E-state index in [0.29, 0.717) is 25.3 Å². The summed E-state index contributed by atoms with van der Waals surface area (Å²) in [4.78, 5) is 28.1. The molecule has 0 bridgehead atoms. The van der Waals surface area contributed by atoms with Crippen LogP contribution in [-0.4, -0.2) is 54.9 Å². The minimum Gasteiger partial charge on any atom is -0.337 e. The predicted molar refractivity (Wildman–Crippen MR) is 99.6 cm³/mol. The second kappa shape index (κ2) is 7.22. The lowest BCUT2D eigenvalue weighted by atomic mass is 10.2. The molecule has 10 heteroatoms. The summed E-state index contributed by atoms with van der Waals surface area (Å²) in [6, 6.07) is 10.8. The van der Waals surface area contributed by atoms with Crippen LogP contribution in [0.1, 0.15) is 28.3 Å². The molecule has 0 unspecified atom stereocenters. The fraction of sp³-hybridized carbons (Fsp3) is 0.333. The molecule has 0 radical (unpaired) electrons. The first-order valence-electron chi connectivity index (χ1n) is 8.96. The number of nitrogens with zero attached hydrogens (tertiary/aromatic N) is 7. The number of fused-ring (bicyclic) bond motifs is 1. The second-order valence-electron chi connectivity index (χ2n) is 6.71. The first kappa shape index (κ1) is 17.8. The smallest absolute Gasteiger partial charge is 0.293 e. The van der Waals surface area contributed by atoms with Crippen LogP contribution in [0.3, 0.4) is 0 Å². The van der Waals surface area contributed by atoms with Gasteiger partial charge in [0.25, 0.3) is 17.6 Å². The van der Waals surface area contributed by atoms with Crippen molar-refractivity contribution in [2.75, 3.05) is 11.9 Å². The normalized spacial score (nSPS) is 16.6. The highest BCUT2D eigenvalue weighted by Gasteiger charge is 2.31. The van der Waals surface area contributed by atoms with Crippen molar-refractivity contribution in [3.63, 3.8) is 0 Å². The molecule has 0 aliphatic carbocycles. The topological polar surface area (TPSA) is 111 Å². The van der Waals surface area contributed by atoms with Crippen molar-refractivity contribution >= 4 is 17.6 Å². The quantitative estimate of drug-likeness (QED) is 0.701. The van der Waals surface area contributed by atoms with E-state index in [9.17, 15) is 9.59 Å². The number of amides is 2. The maximum absolute atomic E-state index is 12.7. The Bertz CT molecular complexity index is 1010. The number of nitrogens with one attached hydrogen (secondary N) is 1. The van der Waals surface area contributed by atoms with Crippen molar-refractivity contribution in [1.29, 1.82) is 0 Å². The molecule has 144 valence electrons. The summed E-state index contributed by atoms with van der Waals surface area (Å²) in [5.74, 6) is -0.0825. The molecule has 1 atom stereocenters. The van der Waals surface area contributed by atoms with Gasteiger partial charge in [-0.1, -0.05) is 30.3 Å². The average molecular weight is 380 g/mol. The molecule has 0 fully saturated rings. The van der Waals surface area contributed by atoms with E-state index in [2.05, 4.69) is 25.8 Å². The van der Waals surface area contributed by atoms with Crippen LogP contribution >= 0.6 is 0 Å². The van der Waals surface area contributed by atoms with E-state index in [1.54, 1.807) is 11.7 Å². The van der Waals surface area contributed by atoms with Gasteiger partial charge in [-0.3, -0.25) is 14.5 Å². The van der Waals surface area contributed by atoms with Gasteiger partial charge < -0.3 is 5.32 Å². The van der Waals surface area contributed by atoms with Crippen LogP contribution in [0, 0.1) is 6.92 Å². The van der Waals surface area contributed by atoms with E-state index in [0.717, 1.165) is 11.3 Å². The molecule has 1 N–H and O–H groups in total. The molecule has 3 heterocycles. The Labute approximate surface area is 161 Å². The third kappa shape index (κ3) is 3.48. The zero-order chi connectivity index (χ0) is 19.7. The molecular weight excluding hydrogens is 360 g/mol. The number of hydrogen-bond acceptors (Lipinski definition) is 6. The molecule has 0 spiro atoms. The van der Waals surface area contributed by atoms with Gasteiger partial charge in [-0.05, 0) is 24.1 Å². The molecular formula is C18H20N8O2. The van der Waals surface area contributed by atoms with Crippen molar-refractivity contribution < 1.29 is 9.59 Å². The Morgan fingerprint density at radius 1 is 1.25 bits per heavy atom. The first-order valence-corrected chi connectivity index (χ1v) is 8.96. The van der Waals surface area contributed by atoms with Gasteiger partial charge in [-0.2, -0.15) is 9.90 Å². The highest BCUT2D eigenvalue weighted by molar-refractivity contribution is 6.00. The van der Waals surface area contributed by atoms with E-state index in [1.165, 1.54) is 9.70 Å². The van der Waals surface area contributed by atoms with E-state index in [4.69, 9.17) is 0 Å². The standard InChI is InChI=1S/C18H20N8O2/c1-12-10-15-24(2)18(28)14(8-9-25(15)21-12)19-17(27)16-20-23-26(22-16)11-13-6-4-3-5-7-13/h3-7,10,14H,8-9,11H2,1-2H3,(H,19,27)/t14-/m0/s1. The van der Waals surface area contributed by atoms with E-state index in [-0.39, 0.29) is 11.7 Å². The lowest BCUT2D eigenvalue weighted by Crippen LogP contribution is -2.47. The number of hydrogen-bond donors (Lipinski definition) is 1. The Morgan fingerprint density at radius 2 is 2.04 bits per heavy atom. The Morgan fingerprint density at radius 3 is 2.82 bits per heavy atom. The SMILES string of the molecule is Cc1cc2n(n1)CC[C@H](NC(=O)c1nnn(Cc3ccccc3)n1)C(=O)N2C. The van der Waals surface area contributed by atoms with Crippen LogP contribution in [0.15, 0.2) is 36.4 Å². The van der Waals surface area contributed by atoms with Crippen LogP contribution < -0.4 is 10.2 Å². The van der Waals surface area contributed by atoms with Crippen molar-refractivity contribution in [3.05, 3.63) is 53.5 Å². The zero-order valence-electron chi connectivity index (χ0n) is 15.6. The summed E-state index contributed by atoms with van der Waals surface area (Å²) in [5, 5.41) is 19.0. The number of aryl methyl sites for hydroxylation is 2. The third-order valence-corrected chi connectivity index (χ3v) is 4.61. The lowest BCUT2D eigenvalue weighted by Gasteiger charge is -2.19. The van der Waals surface area contributed by atoms with Crippen molar-refractivity contribution in [2.24, 2.45) is 0 Å². The second-order valence-corrected chi connectivity index (χ2v) is 6.71. The molecule has 1 aliphatic rings. The molecule has 10 nitrogen and oxygen atoms in total. The summed E-state index contributed by atoms with van der Waals surface area (Å²) in [5.41, 5.74) is 1.84. The van der Waals surface area contributed by atoms with Gasteiger partial charge in [0.15, 0.2) is 0 Å². The van der Waals surface area contributed by atoms with E-state index >= 15 is 0 Å². The van der Waals surface area contributed by atoms with Gasteiger partial charge in [-0.15, -0.1) is 10.2 Å².